The number of aromatic nitrogens is 1. The Morgan fingerprint density at radius 3 is 2.57 bits per heavy atom. The number of hydrogen-bond acceptors (Lipinski definition) is 3. The molecule has 1 aromatic heterocycles. The molecule has 5 heteroatoms. The summed E-state index contributed by atoms with van der Waals surface area (Å²) < 4.78 is 11.5. The predicted molar refractivity (Wildman–Crippen MR) is 56.7 cm³/mol. The summed E-state index contributed by atoms with van der Waals surface area (Å²) >= 11 is 3.28. The minimum atomic E-state index is -0.118. The van der Waals surface area contributed by atoms with E-state index >= 15 is 0 Å². The minimum Gasteiger partial charge on any atom is -0.378 e. The van der Waals surface area contributed by atoms with E-state index in [0.29, 0.717) is 10.9 Å². The number of hydrogen-bond donors (Lipinski definition) is 0. The first kappa shape index (κ1) is 11.5. The summed E-state index contributed by atoms with van der Waals surface area (Å²) in [4.78, 5) is 11.7. The molecule has 0 aliphatic rings. The third-order valence-corrected chi connectivity index (χ3v) is 2.46. The van der Waals surface area contributed by atoms with E-state index < -0.39 is 0 Å². The molecule has 1 heterocycles. The molecule has 0 N–H and O–H groups in total. The van der Waals surface area contributed by atoms with Crippen molar-refractivity contribution in [3.63, 3.8) is 0 Å². The highest BCUT2D eigenvalue weighted by Gasteiger charge is 2.18. The monoisotopic (exact) mass is 263 g/mol. The summed E-state index contributed by atoms with van der Waals surface area (Å²) in [5.41, 5.74) is 0.560. The van der Waals surface area contributed by atoms with E-state index in [1.165, 1.54) is 11.8 Å². The summed E-state index contributed by atoms with van der Waals surface area (Å²) in [6.45, 7) is 4.13. The zero-order valence-electron chi connectivity index (χ0n) is 8.54. The maximum atomic E-state index is 11.7. The summed E-state index contributed by atoms with van der Waals surface area (Å²) in [5.74, 6) is 0.928. The standard InChI is InChI=1S/C9H14BrNO3/c1-6(2)8-7(4-10)9(12)11(14-8)5-13-3/h6H,4-5H2,1-3H3. The van der Waals surface area contributed by atoms with E-state index in [2.05, 4.69) is 15.9 Å². The molecule has 1 rings (SSSR count). The van der Waals surface area contributed by atoms with Gasteiger partial charge in [-0.25, -0.2) is 0 Å². The van der Waals surface area contributed by atoms with Crippen LogP contribution in [0, 0.1) is 0 Å². The van der Waals surface area contributed by atoms with Gasteiger partial charge in [-0.3, -0.25) is 4.79 Å². The van der Waals surface area contributed by atoms with Crippen LogP contribution in [0.1, 0.15) is 31.1 Å². The second-order valence-electron chi connectivity index (χ2n) is 3.32. The summed E-state index contributed by atoms with van der Waals surface area (Å²) in [6.07, 6.45) is 0. The van der Waals surface area contributed by atoms with Gasteiger partial charge < -0.3 is 9.26 Å². The first-order valence-corrected chi connectivity index (χ1v) is 5.51. The second-order valence-corrected chi connectivity index (χ2v) is 3.88. The van der Waals surface area contributed by atoms with Gasteiger partial charge in [-0.1, -0.05) is 29.8 Å². The van der Waals surface area contributed by atoms with Gasteiger partial charge in [0.15, 0.2) is 6.73 Å². The Balaban J connectivity index is 3.18. The second kappa shape index (κ2) is 4.79. The quantitative estimate of drug-likeness (QED) is 0.782. The molecule has 0 fully saturated rings. The molecule has 0 bridgehead atoms. The van der Waals surface area contributed by atoms with E-state index in [-0.39, 0.29) is 18.2 Å². The summed E-state index contributed by atoms with van der Waals surface area (Å²) in [7, 11) is 1.53. The molecule has 0 amide bonds. The number of halogens is 1. The van der Waals surface area contributed by atoms with Gasteiger partial charge in [0.1, 0.15) is 5.76 Å². The molecule has 14 heavy (non-hydrogen) atoms. The maximum Gasteiger partial charge on any atom is 0.289 e. The molecule has 0 aromatic carbocycles. The van der Waals surface area contributed by atoms with Crippen LogP contribution in [0.25, 0.3) is 0 Å². The Bertz CT molecular complexity index is 353. The number of ether oxygens (including phenoxy) is 1. The third kappa shape index (κ3) is 2.09. The molecule has 0 aliphatic heterocycles. The molecule has 0 atom stereocenters. The normalized spacial score (nSPS) is 11.2. The Morgan fingerprint density at radius 1 is 1.57 bits per heavy atom. The van der Waals surface area contributed by atoms with Gasteiger partial charge in [-0.05, 0) is 0 Å². The number of nitrogens with zero attached hydrogens (tertiary/aromatic N) is 1. The number of alkyl halides is 1. The zero-order valence-corrected chi connectivity index (χ0v) is 10.1. The molecule has 0 spiro atoms. The van der Waals surface area contributed by atoms with Gasteiger partial charge in [0, 0.05) is 18.4 Å². The van der Waals surface area contributed by atoms with Crippen molar-refractivity contribution >= 4 is 15.9 Å². The van der Waals surface area contributed by atoms with Crippen molar-refractivity contribution in [2.24, 2.45) is 0 Å². The fourth-order valence-corrected chi connectivity index (χ4v) is 1.77. The number of methoxy groups -OCH3 is 1. The van der Waals surface area contributed by atoms with Crippen LogP contribution < -0.4 is 5.56 Å². The maximum absolute atomic E-state index is 11.7. The lowest BCUT2D eigenvalue weighted by molar-refractivity contribution is 0.0536. The van der Waals surface area contributed by atoms with Crippen molar-refractivity contribution in [1.82, 2.24) is 4.74 Å². The molecule has 4 nitrogen and oxygen atoms in total. The summed E-state index contributed by atoms with van der Waals surface area (Å²) in [5, 5.41) is 0.513. The van der Waals surface area contributed by atoms with Crippen LogP contribution in [0.4, 0.5) is 0 Å². The smallest absolute Gasteiger partial charge is 0.289 e. The minimum absolute atomic E-state index is 0.118. The predicted octanol–water partition coefficient (Wildman–Crippen LogP) is 2.06. The molecular weight excluding hydrogens is 250 g/mol. The van der Waals surface area contributed by atoms with Crippen LogP contribution in [0.2, 0.25) is 0 Å². The first-order chi connectivity index (χ1) is 6.61. The van der Waals surface area contributed by atoms with Crippen LogP contribution in [0.5, 0.6) is 0 Å². The molecule has 1 aromatic rings. The van der Waals surface area contributed by atoms with E-state index in [4.69, 9.17) is 9.26 Å². The fraction of sp³-hybridized carbons (Fsp3) is 0.667. The van der Waals surface area contributed by atoms with Crippen LogP contribution >= 0.6 is 15.9 Å². The van der Waals surface area contributed by atoms with Crippen LogP contribution in [0.3, 0.4) is 0 Å². The Morgan fingerprint density at radius 2 is 2.21 bits per heavy atom. The fourth-order valence-electron chi connectivity index (χ4n) is 1.25. The van der Waals surface area contributed by atoms with Crippen molar-refractivity contribution in [3.8, 4) is 0 Å². The highest BCUT2D eigenvalue weighted by molar-refractivity contribution is 9.08. The average molecular weight is 264 g/mol. The highest BCUT2D eigenvalue weighted by Crippen LogP contribution is 2.19. The molecule has 0 saturated heterocycles. The van der Waals surface area contributed by atoms with E-state index in [1.54, 1.807) is 0 Å². The SMILES string of the molecule is COCn1oc(C(C)C)c(CBr)c1=O. The van der Waals surface area contributed by atoms with E-state index in [1.807, 2.05) is 13.8 Å². The van der Waals surface area contributed by atoms with Crippen molar-refractivity contribution in [2.75, 3.05) is 7.11 Å². The Labute approximate surface area is 90.9 Å². The summed E-state index contributed by atoms with van der Waals surface area (Å²) in [6, 6.07) is 0. The topological polar surface area (TPSA) is 44.4 Å². The largest absolute Gasteiger partial charge is 0.378 e. The molecular formula is C9H14BrNO3. The Hall–Kier alpha value is -0.550. The number of rotatable bonds is 4. The van der Waals surface area contributed by atoms with Gasteiger partial charge in [-0.15, -0.1) is 4.74 Å². The molecule has 0 radical (unpaired) electrons. The van der Waals surface area contributed by atoms with Gasteiger partial charge in [0.05, 0.1) is 5.56 Å². The van der Waals surface area contributed by atoms with Crippen LogP contribution in [0.15, 0.2) is 9.32 Å². The van der Waals surface area contributed by atoms with Gasteiger partial charge in [0.2, 0.25) is 0 Å². The lowest BCUT2D eigenvalue weighted by Gasteiger charge is -2.00. The average Bonchev–Trinajstić information content (AvgIpc) is 2.44. The highest BCUT2D eigenvalue weighted by atomic mass is 79.9. The van der Waals surface area contributed by atoms with Gasteiger partial charge >= 0.3 is 0 Å². The first-order valence-electron chi connectivity index (χ1n) is 4.39. The van der Waals surface area contributed by atoms with Crippen molar-refractivity contribution in [1.29, 1.82) is 0 Å². The van der Waals surface area contributed by atoms with Crippen molar-refractivity contribution in [3.05, 3.63) is 21.7 Å². The van der Waals surface area contributed by atoms with Crippen LogP contribution in [-0.2, 0) is 16.8 Å². The molecule has 0 saturated carbocycles. The van der Waals surface area contributed by atoms with Crippen LogP contribution in [-0.4, -0.2) is 11.8 Å². The zero-order chi connectivity index (χ0) is 10.7. The Kier molecular flexibility index (Phi) is 3.95. The lowest BCUT2D eigenvalue weighted by atomic mass is 10.1. The molecule has 0 aliphatic carbocycles. The van der Waals surface area contributed by atoms with Crippen molar-refractivity contribution < 1.29 is 9.26 Å². The van der Waals surface area contributed by atoms with Gasteiger partial charge in [0.25, 0.3) is 5.56 Å². The van der Waals surface area contributed by atoms with E-state index in [9.17, 15) is 4.79 Å². The molecule has 0 unspecified atom stereocenters. The van der Waals surface area contributed by atoms with E-state index in [0.717, 1.165) is 5.76 Å². The van der Waals surface area contributed by atoms with Crippen molar-refractivity contribution in [2.45, 2.75) is 31.8 Å². The van der Waals surface area contributed by atoms with Gasteiger partial charge in [-0.2, -0.15) is 0 Å². The lowest BCUT2D eigenvalue weighted by Crippen LogP contribution is -2.17. The third-order valence-electron chi connectivity index (χ3n) is 1.90. The molecule has 80 valence electrons.